The molecule has 0 aromatic carbocycles. The Morgan fingerprint density at radius 3 is 2.76 bits per heavy atom. The van der Waals surface area contributed by atoms with Gasteiger partial charge >= 0.3 is 0 Å². The van der Waals surface area contributed by atoms with Crippen LogP contribution in [0, 0.1) is 5.92 Å². The molecule has 9 heteroatoms. The fraction of sp³-hybridized carbons (Fsp3) is 0.312. The van der Waals surface area contributed by atoms with E-state index < -0.39 is 5.91 Å². The molecule has 3 heterocycles. The van der Waals surface area contributed by atoms with E-state index in [2.05, 4.69) is 46.6 Å². The van der Waals surface area contributed by atoms with E-state index in [1.165, 1.54) is 18.6 Å². The van der Waals surface area contributed by atoms with Gasteiger partial charge in [0.25, 0.3) is 5.91 Å². The molecule has 8 nitrogen and oxygen atoms in total. The second-order valence-electron chi connectivity index (χ2n) is 5.65. The number of carbonyl (C=O) groups is 2. The van der Waals surface area contributed by atoms with Crippen molar-refractivity contribution in [2.24, 2.45) is 5.92 Å². The van der Waals surface area contributed by atoms with E-state index in [9.17, 15) is 9.59 Å². The summed E-state index contributed by atoms with van der Waals surface area (Å²) in [5.41, 5.74) is 4.99. The SMILES string of the molecule is O=C(NNC(=O)C1CCCN(c2ccc(Br)cn2)C1)c1cnccn1. The first-order valence-corrected chi connectivity index (χ1v) is 8.65. The monoisotopic (exact) mass is 404 g/mol. The topological polar surface area (TPSA) is 100 Å². The third kappa shape index (κ3) is 4.50. The Morgan fingerprint density at radius 1 is 1.16 bits per heavy atom. The van der Waals surface area contributed by atoms with Gasteiger partial charge in [-0.05, 0) is 40.9 Å². The molecule has 0 spiro atoms. The molecule has 1 saturated heterocycles. The van der Waals surface area contributed by atoms with Gasteiger partial charge < -0.3 is 4.90 Å². The van der Waals surface area contributed by atoms with Crippen LogP contribution in [0.15, 0.2) is 41.4 Å². The van der Waals surface area contributed by atoms with Crippen molar-refractivity contribution in [2.75, 3.05) is 18.0 Å². The maximum absolute atomic E-state index is 12.3. The predicted octanol–water partition coefficient (Wildman–Crippen LogP) is 1.31. The van der Waals surface area contributed by atoms with Gasteiger partial charge in [-0.15, -0.1) is 0 Å². The van der Waals surface area contributed by atoms with Crippen molar-refractivity contribution in [2.45, 2.75) is 12.8 Å². The molecule has 1 aliphatic heterocycles. The molecule has 1 atom stereocenters. The third-order valence-electron chi connectivity index (χ3n) is 3.92. The van der Waals surface area contributed by atoms with Gasteiger partial charge in [0.15, 0.2) is 0 Å². The molecule has 1 unspecified atom stereocenters. The third-order valence-corrected chi connectivity index (χ3v) is 4.39. The van der Waals surface area contributed by atoms with Gasteiger partial charge in [0, 0.05) is 36.2 Å². The second kappa shape index (κ2) is 8.02. The first-order chi connectivity index (χ1) is 12.1. The minimum atomic E-state index is -0.497. The molecular weight excluding hydrogens is 388 g/mol. The Balaban J connectivity index is 1.55. The van der Waals surface area contributed by atoms with Crippen molar-refractivity contribution in [1.29, 1.82) is 0 Å². The van der Waals surface area contributed by atoms with E-state index in [0.29, 0.717) is 6.54 Å². The molecular formula is C16H17BrN6O2. The fourth-order valence-electron chi connectivity index (χ4n) is 2.66. The average Bonchev–Trinajstić information content (AvgIpc) is 2.67. The largest absolute Gasteiger partial charge is 0.356 e. The summed E-state index contributed by atoms with van der Waals surface area (Å²) in [5, 5.41) is 0. The lowest BCUT2D eigenvalue weighted by Crippen LogP contribution is -2.49. The highest BCUT2D eigenvalue weighted by atomic mass is 79.9. The summed E-state index contributed by atoms with van der Waals surface area (Å²) >= 11 is 3.36. The molecule has 2 amide bonds. The number of nitrogens with one attached hydrogen (secondary N) is 2. The molecule has 2 aromatic heterocycles. The second-order valence-corrected chi connectivity index (χ2v) is 6.57. The summed E-state index contributed by atoms with van der Waals surface area (Å²) in [6, 6.07) is 3.84. The van der Waals surface area contributed by atoms with Crippen molar-refractivity contribution in [1.82, 2.24) is 25.8 Å². The van der Waals surface area contributed by atoms with Gasteiger partial charge in [0.2, 0.25) is 5.91 Å². The smallest absolute Gasteiger partial charge is 0.289 e. The summed E-state index contributed by atoms with van der Waals surface area (Å²) in [6.45, 7) is 1.41. The number of nitrogens with zero attached hydrogens (tertiary/aromatic N) is 4. The Hall–Kier alpha value is -2.55. The van der Waals surface area contributed by atoms with E-state index in [4.69, 9.17) is 0 Å². The summed E-state index contributed by atoms with van der Waals surface area (Å²) in [7, 11) is 0. The zero-order valence-corrected chi connectivity index (χ0v) is 14.9. The lowest BCUT2D eigenvalue weighted by Gasteiger charge is -2.32. The van der Waals surface area contributed by atoms with Gasteiger partial charge in [-0.25, -0.2) is 9.97 Å². The Kier molecular flexibility index (Phi) is 5.54. The number of hydrogen-bond acceptors (Lipinski definition) is 6. The number of hydrogen-bond donors (Lipinski definition) is 2. The van der Waals surface area contributed by atoms with Gasteiger partial charge in [-0.2, -0.15) is 0 Å². The maximum Gasteiger partial charge on any atom is 0.289 e. The molecule has 0 radical (unpaired) electrons. The van der Waals surface area contributed by atoms with Crippen molar-refractivity contribution in [3.63, 3.8) is 0 Å². The molecule has 3 rings (SSSR count). The van der Waals surface area contributed by atoms with E-state index >= 15 is 0 Å². The van der Waals surface area contributed by atoms with Crippen LogP contribution in [0.5, 0.6) is 0 Å². The summed E-state index contributed by atoms with van der Waals surface area (Å²) < 4.78 is 0.911. The molecule has 1 aliphatic rings. The van der Waals surface area contributed by atoms with Crippen LogP contribution in [0.4, 0.5) is 5.82 Å². The number of rotatable bonds is 3. The van der Waals surface area contributed by atoms with Crippen LogP contribution >= 0.6 is 15.9 Å². The van der Waals surface area contributed by atoms with Crippen LogP contribution < -0.4 is 15.8 Å². The minimum absolute atomic E-state index is 0.145. The molecule has 0 bridgehead atoms. The van der Waals surface area contributed by atoms with Gasteiger partial charge in [0.1, 0.15) is 11.5 Å². The lowest BCUT2D eigenvalue weighted by molar-refractivity contribution is -0.126. The van der Waals surface area contributed by atoms with Crippen molar-refractivity contribution in [3.05, 3.63) is 47.1 Å². The average molecular weight is 405 g/mol. The Bertz CT molecular complexity index is 740. The molecule has 2 N–H and O–H groups in total. The molecule has 0 saturated carbocycles. The van der Waals surface area contributed by atoms with Crippen LogP contribution in [0.3, 0.4) is 0 Å². The number of hydrazine groups is 1. The molecule has 2 aromatic rings. The maximum atomic E-state index is 12.3. The normalized spacial score (nSPS) is 17.0. The zero-order chi connectivity index (χ0) is 17.6. The number of piperidine rings is 1. The van der Waals surface area contributed by atoms with Crippen molar-refractivity contribution in [3.8, 4) is 0 Å². The highest BCUT2D eigenvalue weighted by molar-refractivity contribution is 9.10. The predicted molar refractivity (Wildman–Crippen MR) is 94.5 cm³/mol. The van der Waals surface area contributed by atoms with Crippen LogP contribution in [0.25, 0.3) is 0 Å². The summed E-state index contributed by atoms with van der Waals surface area (Å²) in [4.78, 5) is 38.4. The lowest BCUT2D eigenvalue weighted by atomic mass is 9.97. The molecule has 1 fully saturated rings. The number of halogens is 1. The van der Waals surface area contributed by atoms with Gasteiger partial charge in [-0.1, -0.05) is 0 Å². The van der Waals surface area contributed by atoms with Crippen LogP contribution in [0.1, 0.15) is 23.3 Å². The van der Waals surface area contributed by atoms with Crippen LogP contribution in [0.2, 0.25) is 0 Å². The van der Waals surface area contributed by atoms with Crippen LogP contribution in [-0.2, 0) is 4.79 Å². The van der Waals surface area contributed by atoms with E-state index in [0.717, 1.165) is 29.7 Å². The van der Waals surface area contributed by atoms with E-state index in [1.807, 2.05) is 12.1 Å². The standard InChI is InChI=1S/C16H17BrN6O2/c17-12-3-4-14(20-8-12)23-7-1-2-11(10-23)15(24)21-22-16(25)13-9-18-5-6-19-13/h3-6,8-9,11H,1-2,7,10H2,(H,21,24)(H,22,25). The van der Waals surface area contributed by atoms with E-state index in [1.54, 1.807) is 6.20 Å². The molecule has 130 valence electrons. The first-order valence-electron chi connectivity index (χ1n) is 7.86. The highest BCUT2D eigenvalue weighted by Gasteiger charge is 2.27. The summed E-state index contributed by atoms with van der Waals surface area (Å²) in [6.07, 6.45) is 7.61. The quantitative estimate of drug-likeness (QED) is 0.748. The number of amides is 2. The zero-order valence-electron chi connectivity index (χ0n) is 13.4. The fourth-order valence-corrected chi connectivity index (χ4v) is 2.89. The highest BCUT2D eigenvalue weighted by Crippen LogP contribution is 2.22. The number of carbonyl (C=O) groups excluding carboxylic acids is 2. The minimum Gasteiger partial charge on any atom is -0.356 e. The van der Waals surface area contributed by atoms with Crippen molar-refractivity contribution < 1.29 is 9.59 Å². The Morgan fingerprint density at radius 2 is 2.04 bits per heavy atom. The van der Waals surface area contributed by atoms with Crippen LogP contribution in [-0.4, -0.2) is 39.9 Å². The van der Waals surface area contributed by atoms with Crippen molar-refractivity contribution >= 4 is 33.6 Å². The number of aromatic nitrogens is 3. The van der Waals surface area contributed by atoms with Gasteiger partial charge in [0.05, 0.1) is 12.1 Å². The molecule has 25 heavy (non-hydrogen) atoms. The van der Waals surface area contributed by atoms with E-state index in [-0.39, 0.29) is 17.5 Å². The Labute approximate surface area is 153 Å². The number of anilines is 1. The molecule has 0 aliphatic carbocycles. The summed E-state index contributed by atoms with van der Waals surface area (Å²) in [5.74, 6) is -0.103. The first kappa shape index (κ1) is 17.3. The van der Waals surface area contributed by atoms with Gasteiger partial charge in [-0.3, -0.25) is 25.4 Å². The number of pyridine rings is 1.